The third-order valence-electron chi connectivity index (χ3n) is 1.22. The van der Waals surface area contributed by atoms with E-state index in [-0.39, 0.29) is 11.9 Å². The van der Waals surface area contributed by atoms with E-state index in [1.165, 1.54) is 6.26 Å². The second kappa shape index (κ2) is 4.38. The minimum absolute atomic E-state index is 0.215. The predicted octanol–water partition coefficient (Wildman–Crippen LogP) is 1.88. The van der Waals surface area contributed by atoms with E-state index in [1.54, 1.807) is 31.2 Å². The van der Waals surface area contributed by atoms with Crippen LogP contribution in [-0.2, 0) is 14.3 Å². The molecule has 0 aromatic rings. The summed E-state index contributed by atoms with van der Waals surface area (Å²) in [5.74, 6) is -0.0863. The lowest BCUT2D eigenvalue weighted by atomic mass is 10.5. The average Bonchev–Trinajstić information content (AvgIpc) is 2.33. The molecule has 0 fully saturated rings. The second-order valence-corrected chi connectivity index (χ2v) is 2.14. The van der Waals surface area contributed by atoms with Gasteiger partial charge in [-0.1, -0.05) is 19.1 Å². The highest BCUT2D eigenvalue weighted by molar-refractivity contribution is 5.69. The van der Waals surface area contributed by atoms with E-state index in [4.69, 9.17) is 9.47 Å². The Morgan fingerprint density at radius 1 is 1.50 bits per heavy atom. The molecule has 1 aliphatic heterocycles. The van der Waals surface area contributed by atoms with E-state index in [2.05, 4.69) is 0 Å². The molecular weight excluding hydrogens is 156 g/mol. The molecule has 0 amide bonds. The Hall–Kier alpha value is -1.51. The third kappa shape index (κ3) is 2.62. The first-order valence-corrected chi connectivity index (χ1v) is 3.73. The van der Waals surface area contributed by atoms with Crippen LogP contribution in [0.1, 0.15) is 13.3 Å². The fourth-order valence-corrected chi connectivity index (χ4v) is 0.632. The van der Waals surface area contributed by atoms with Crippen molar-refractivity contribution in [2.75, 3.05) is 0 Å². The van der Waals surface area contributed by atoms with Gasteiger partial charge in [-0.3, -0.25) is 4.79 Å². The zero-order valence-electron chi connectivity index (χ0n) is 6.82. The molecule has 0 spiro atoms. The van der Waals surface area contributed by atoms with Crippen LogP contribution in [0.25, 0.3) is 0 Å². The van der Waals surface area contributed by atoms with E-state index < -0.39 is 0 Å². The lowest BCUT2D eigenvalue weighted by Gasteiger charge is -2.03. The van der Waals surface area contributed by atoms with Gasteiger partial charge in [0.1, 0.15) is 0 Å². The summed E-state index contributed by atoms with van der Waals surface area (Å²) >= 11 is 0. The average molecular weight is 166 g/mol. The molecule has 0 radical (unpaired) electrons. The van der Waals surface area contributed by atoms with Gasteiger partial charge in [-0.05, 0) is 6.08 Å². The molecule has 0 N–H and O–H groups in total. The Morgan fingerprint density at radius 2 is 2.33 bits per heavy atom. The van der Waals surface area contributed by atoms with Crippen molar-refractivity contribution in [3.05, 3.63) is 36.5 Å². The van der Waals surface area contributed by atoms with Crippen molar-refractivity contribution in [3.63, 3.8) is 0 Å². The van der Waals surface area contributed by atoms with Crippen molar-refractivity contribution >= 4 is 5.97 Å². The van der Waals surface area contributed by atoms with Crippen molar-refractivity contribution in [2.45, 2.75) is 13.3 Å². The van der Waals surface area contributed by atoms with E-state index in [9.17, 15) is 4.79 Å². The minimum Gasteiger partial charge on any atom is -0.434 e. The van der Waals surface area contributed by atoms with Gasteiger partial charge in [-0.25, -0.2) is 0 Å². The van der Waals surface area contributed by atoms with Gasteiger partial charge in [0, 0.05) is 12.5 Å². The molecule has 0 bridgehead atoms. The Kier molecular flexibility index (Phi) is 3.14. The molecule has 0 saturated carbocycles. The molecular formula is C9H10O3. The molecule has 0 unspecified atom stereocenters. The molecule has 0 aromatic heterocycles. The SMILES string of the molecule is CCC(=O)OC1=CC=CC=CO1. The molecule has 64 valence electrons. The fourth-order valence-electron chi connectivity index (χ4n) is 0.632. The Balaban J connectivity index is 2.52. The maximum Gasteiger partial charge on any atom is 0.313 e. The highest BCUT2D eigenvalue weighted by Gasteiger charge is 2.04. The lowest BCUT2D eigenvalue weighted by molar-refractivity contribution is -0.143. The summed E-state index contributed by atoms with van der Waals surface area (Å²) in [6.45, 7) is 1.73. The number of hydrogen-bond acceptors (Lipinski definition) is 3. The number of hydrogen-bond donors (Lipinski definition) is 0. The number of carbonyl (C=O) groups is 1. The summed E-state index contributed by atoms with van der Waals surface area (Å²) in [6.07, 6.45) is 8.62. The second-order valence-electron chi connectivity index (χ2n) is 2.14. The van der Waals surface area contributed by atoms with E-state index >= 15 is 0 Å². The van der Waals surface area contributed by atoms with Crippen molar-refractivity contribution in [1.29, 1.82) is 0 Å². The Bertz CT molecular complexity index is 248. The number of rotatable bonds is 2. The molecule has 0 aliphatic carbocycles. The van der Waals surface area contributed by atoms with Crippen LogP contribution in [0.4, 0.5) is 0 Å². The molecule has 12 heavy (non-hydrogen) atoms. The number of carbonyl (C=O) groups excluding carboxylic acids is 1. The van der Waals surface area contributed by atoms with Crippen LogP contribution >= 0.6 is 0 Å². The van der Waals surface area contributed by atoms with Crippen LogP contribution in [0, 0.1) is 0 Å². The zero-order valence-corrected chi connectivity index (χ0v) is 6.82. The van der Waals surface area contributed by atoms with E-state index in [0.29, 0.717) is 6.42 Å². The van der Waals surface area contributed by atoms with Crippen molar-refractivity contribution in [3.8, 4) is 0 Å². The molecule has 1 rings (SSSR count). The van der Waals surface area contributed by atoms with E-state index in [1.807, 2.05) is 0 Å². The smallest absolute Gasteiger partial charge is 0.313 e. The summed E-state index contributed by atoms with van der Waals surface area (Å²) in [6, 6.07) is 0. The first kappa shape index (κ1) is 8.59. The number of esters is 1. The molecule has 0 saturated heterocycles. The van der Waals surface area contributed by atoms with Crippen molar-refractivity contribution in [2.24, 2.45) is 0 Å². The molecule has 1 aliphatic rings. The molecule has 3 nitrogen and oxygen atoms in total. The van der Waals surface area contributed by atoms with Crippen LogP contribution < -0.4 is 0 Å². The quantitative estimate of drug-likeness (QED) is 0.587. The highest BCUT2D eigenvalue weighted by Crippen LogP contribution is 2.05. The van der Waals surface area contributed by atoms with Gasteiger partial charge in [0.15, 0.2) is 0 Å². The lowest BCUT2D eigenvalue weighted by Crippen LogP contribution is -2.02. The first-order valence-electron chi connectivity index (χ1n) is 3.73. The van der Waals surface area contributed by atoms with Gasteiger partial charge in [-0.15, -0.1) is 0 Å². The number of allylic oxidation sites excluding steroid dienone is 4. The summed E-state index contributed by atoms with van der Waals surface area (Å²) in [5, 5.41) is 0. The molecule has 1 heterocycles. The largest absolute Gasteiger partial charge is 0.434 e. The maximum atomic E-state index is 10.8. The topological polar surface area (TPSA) is 35.5 Å². The van der Waals surface area contributed by atoms with E-state index in [0.717, 1.165) is 0 Å². The highest BCUT2D eigenvalue weighted by atomic mass is 16.7. The molecule has 0 aromatic carbocycles. The maximum absolute atomic E-state index is 10.8. The standard InChI is InChI=1S/C9H10O3/c1-2-8(10)12-9-6-4-3-5-7-11-9/h3-7H,2H2,1H3. The Labute approximate surface area is 71.0 Å². The van der Waals surface area contributed by atoms with Crippen LogP contribution in [0.15, 0.2) is 36.5 Å². The van der Waals surface area contributed by atoms with Gasteiger partial charge in [-0.2, -0.15) is 0 Å². The minimum atomic E-state index is -0.301. The van der Waals surface area contributed by atoms with Crippen LogP contribution in [0.5, 0.6) is 0 Å². The van der Waals surface area contributed by atoms with Gasteiger partial charge >= 0.3 is 5.97 Å². The van der Waals surface area contributed by atoms with Crippen molar-refractivity contribution < 1.29 is 14.3 Å². The van der Waals surface area contributed by atoms with Crippen LogP contribution in [0.3, 0.4) is 0 Å². The summed E-state index contributed by atoms with van der Waals surface area (Å²) in [4.78, 5) is 10.8. The summed E-state index contributed by atoms with van der Waals surface area (Å²) in [7, 11) is 0. The summed E-state index contributed by atoms with van der Waals surface area (Å²) in [5.41, 5.74) is 0. The number of ether oxygens (including phenoxy) is 2. The predicted molar refractivity (Wildman–Crippen MR) is 43.8 cm³/mol. The summed E-state index contributed by atoms with van der Waals surface area (Å²) < 4.78 is 9.77. The Morgan fingerprint density at radius 3 is 3.08 bits per heavy atom. The first-order chi connectivity index (χ1) is 5.83. The normalized spacial score (nSPS) is 14.6. The van der Waals surface area contributed by atoms with Crippen LogP contribution in [-0.4, -0.2) is 5.97 Å². The van der Waals surface area contributed by atoms with Gasteiger partial charge < -0.3 is 9.47 Å². The molecule has 3 heteroatoms. The van der Waals surface area contributed by atoms with Gasteiger partial charge in [0.05, 0.1) is 6.26 Å². The van der Waals surface area contributed by atoms with Crippen LogP contribution in [0.2, 0.25) is 0 Å². The molecule has 0 atom stereocenters. The fraction of sp³-hybridized carbons (Fsp3) is 0.222. The zero-order chi connectivity index (χ0) is 8.81. The third-order valence-corrected chi connectivity index (χ3v) is 1.22. The van der Waals surface area contributed by atoms with Gasteiger partial charge in [0.25, 0.3) is 5.95 Å². The van der Waals surface area contributed by atoms with Crippen molar-refractivity contribution in [1.82, 2.24) is 0 Å². The monoisotopic (exact) mass is 166 g/mol. The van der Waals surface area contributed by atoms with Gasteiger partial charge in [0.2, 0.25) is 0 Å².